The van der Waals surface area contributed by atoms with Gasteiger partial charge in [-0.25, -0.2) is 9.97 Å². The van der Waals surface area contributed by atoms with Crippen LogP contribution in [0.15, 0.2) is 103 Å². The third-order valence-corrected chi connectivity index (χ3v) is 15.6. The van der Waals surface area contributed by atoms with Crippen LogP contribution in [-0.2, 0) is 56.9 Å². The molecule has 0 radical (unpaired) electrons. The normalized spacial score (nSPS) is 13.5. The molecule has 0 saturated heterocycles. The fourth-order valence-electron chi connectivity index (χ4n) is 10.7. The number of ether oxygens (including phenoxy) is 2. The molecule has 7 aromatic rings. The number of carbonyl (C=O) groups excluding carboxylic acids is 2. The molecule has 0 saturated carbocycles. The van der Waals surface area contributed by atoms with Crippen LogP contribution < -0.4 is 9.47 Å². The summed E-state index contributed by atoms with van der Waals surface area (Å²) in [4.78, 5) is 57.5. The van der Waals surface area contributed by atoms with E-state index in [1.807, 2.05) is 106 Å². The van der Waals surface area contributed by atoms with Crippen molar-refractivity contribution in [1.82, 2.24) is 59.6 Å². The van der Waals surface area contributed by atoms with E-state index < -0.39 is 5.97 Å². The van der Waals surface area contributed by atoms with Gasteiger partial charge in [-0.3, -0.25) is 43.4 Å². The average Bonchev–Trinajstić information content (AvgIpc) is 3.40. The maximum Gasteiger partial charge on any atom is 0.317 e. The molecule has 2 bridgehead atoms. The van der Waals surface area contributed by atoms with Crippen molar-refractivity contribution in [3.8, 4) is 35.2 Å². The number of pyridine rings is 3. The average molecular weight is 1210 g/mol. The number of rotatable bonds is 30. The molecule has 0 aliphatic carbocycles. The lowest BCUT2D eigenvalue weighted by Gasteiger charge is -2.30. The number of carbonyl (C=O) groups is 3. The van der Waals surface area contributed by atoms with E-state index in [1.54, 1.807) is 12.1 Å². The molecule has 2 aromatic carbocycles. The molecule has 468 valence electrons. The Bertz CT molecular complexity index is 3520. The number of hydrogen-bond acceptors (Lipinski definition) is 15. The Kier molecular flexibility index (Phi) is 25.2. The SMILES string of the molecule is CCCC[N+](C)(C)CCCn1cc(CCOc2ccc(C#Cc3cc(C=O)nc(CN4CCN(CC(=O)O)Cc5cccc(n5)CN(Cc5cc(C#Cc6ccc(OCCc7cn(CCC[N+](C)(C)CCCC)nn7)cc6)cc(C=O)n5)CC4)c3)cc2)nn1. The number of quaternary nitrogens is 2. The molecular weight excluding hydrogens is 1120 g/mol. The van der Waals surface area contributed by atoms with Gasteiger partial charge in [0.15, 0.2) is 12.6 Å². The first-order valence-corrected chi connectivity index (χ1v) is 31.3. The zero-order valence-corrected chi connectivity index (χ0v) is 52.9. The molecule has 1 aliphatic rings. The summed E-state index contributed by atoms with van der Waals surface area (Å²) in [6.45, 7) is 15.0. The Labute approximate surface area is 525 Å². The van der Waals surface area contributed by atoms with Crippen molar-refractivity contribution in [2.45, 2.75) is 104 Å². The van der Waals surface area contributed by atoms with Crippen LogP contribution in [0.25, 0.3) is 0 Å². The summed E-state index contributed by atoms with van der Waals surface area (Å²) in [5.41, 5.74) is 8.04. The first kappa shape index (κ1) is 66.5. The number of benzene rings is 2. The molecule has 0 atom stereocenters. The van der Waals surface area contributed by atoms with Gasteiger partial charge in [0.05, 0.1) is 108 Å². The molecule has 0 spiro atoms. The maximum absolute atomic E-state index is 12.3. The topological polar surface area (TPSA) is 200 Å². The van der Waals surface area contributed by atoms with Gasteiger partial charge < -0.3 is 23.5 Å². The van der Waals surface area contributed by atoms with Crippen LogP contribution in [-0.4, -0.2) is 193 Å². The fraction of sp³-hybridized carbons (Fsp3) is 0.449. The lowest BCUT2D eigenvalue weighted by molar-refractivity contribution is -0.890. The molecule has 20 heteroatoms. The number of aromatic nitrogens is 9. The monoisotopic (exact) mass is 1210 g/mol. The molecular formula is C69H88N14O6+2. The van der Waals surface area contributed by atoms with E-state index in [9.17, 15) is 19.5 Å². The Balaban J connectivity index is 0.885. The number of aldehydes is 2. The zero-order valence-electron chi connectivity index (χ0n) is 52.9. The minimum atomic E-state index is -0.930. The van der Waals surface area contributed by atoms with Crippen molar-refractivity contribution in [2.75, 3.05) is 100 Å². The van der Waals surface area contributed by atoms with Crippen LogP contribution in [0.4, 0.5) is 0 Å². The molecule has 0 unspecified atom stereocenters. The minimum Gasteiger partial charge on any atom is -0.493 e. The smallest absolute Gasteiger partial charge is 0.317 e. The van der Waals surface area contributed by atoms with Gasteiger partial charge in [-0.05, 0) is 97.8 Å². The second-order valence-electron chi connectivity index (χ2n) is 24.4. The van der Waals surface area contributed by atoms with Crippen molar-refractivity contribution in [3.05, 3.63) is 171 Å². The van der Waals surface area contributed by atoms with Gasteiger partial charge in [0.2, 0.25) is 0 Å². The fourth-order valence-corrected chi connectivity index (χ4v) is 10.7. The van der Waals surface area contributed by atoms with Crippen LogP contribution in [0.2, 0.25) is 0 Å². The van der Waals surface area contributed by atoms with Gasteiger partial charge in [-0.2, -0.15) is 0 Å². The lowest BCUT2D eigenvalue weighted by Crippen LogP contribution is -2.41. The lowest BCUT2D eigenvalue weighted by atomic mass is 10.1. The summed E-state index contributed by atoms with van der Waals surface area (Å²) in [6.07, 6.45) is 13.7. The predicted octanol–water partition coefficient (Wildman–Crippen LogP) is 7.66. The number of carboxylic acid groups (broad SMARTS) is 1. The summed E-state index contributed by atoms with van der Waals surface area (Å²) >= 11 is 0. The standard InChI is InChI=1S/C69H87N14O6/c1-7-9-36-82(3,4)38-12-30-80-50-61(73-75-80)28-40-88-67-24-20-55(21-25-67)16-18-57-42-63(71-65(44-57)53-84)48-77-32-34-78(46-59-14-11-15-60(70-59)47-79(35-33-77)52-69(86)87)49-64-43-58(45-66(54-85)72-64)19-17-56-22-26-68(27-23-56)89-41-29-62-51-81(76-74-62)31-13-39-83(5,6)37-10-8-2/h11,14-15,20-27,42-45,50-51,53-54H,7-10,12-13,28-41,46-49,52H2,1-6H3/q+1/p+1. The summed E-state index contributed by atoms with van der Waals surface area (Å²) in [6, 6.07) is 28.2. The molecule has 8 rings (SSSR count). The Hall–Kier alpha value is -8.50. The van der Waals surface area contributed by atoms with E-state index in [4.69, 9.17) is 24.4 Å². The van der Waals surface area contributed by atoms with Crippen molar-refractivity contribution in [1.29, 1.82) is 0 Å². The Morgan fingerprint density at radius 1 is 0.539 bits per heavy atom. The third kappa shape index (κ3) is 23.2. The highest BCUT2D eigenvalue weighted by atomic mass is 16.5. The van der Waals surface area contributed by atoms with Gasteiger partial charge in [0.1, 0.15) is 22.9 Å². The summed E-state index contributed by atoms with van der Waals surface area (Å²) in [5.74, 6) is 13.5. The quantitative estimate of drug-likeness (QED) is 0.0261. The van der Waals surface area contributed by atoms with Crippen LogP contribution in [0, 0.1) is 23.7 Å². The zero-order chi connectivity index (χ0) is 62.9. The Morgan fingerprint density at radius 2 is 0.966 bits per heavy atom. The molecule has 0 fully saturated rings. The van der Waals surface area contributed by atoms with Crippen molar-refractivity contribution in [3.63, 3.8) is 0 Å². The highest BCUT2D eigenvalue weighted by molar-refractivity contribution is 5.73. The first-order chi connectivity index (χ1) is 43.1. The predicted molar refractivity (Wildman–Crippen MR) is 342 cm³/mol. The van der Waals surface area contributed by atoms with Crippen LogP contribution >= 0.6 is 0 Å². The number of carboxylic acids is 1. The van der Waals surface area contributed by atoms with Gasteiger partial charge in [-0.15, -0.1) is 10.2 Å². The second-order valence-corrected chi connectivity index (χ2v) is 24.4. The minimum absolute atomic E-state index is 0.159. The molecule has 1 N–H and O–H groups in total. The number of aryl methyl sites for hydroxylation is 2. The summed E-state index contributed by atoms with van der Waals surface area (Å²) in [7, 11) is 9.15. The van der Waals surface area contributed by atoms with Crippen LogP contribution in [0.1, 0.15) is 130 Å². The van der Waals surface area contributed by atoms with Crippen LogP contribution in [0.3, 0.4) is 0 Å². The Morgan fingerprint density at radius 3 is 1.43 bits per heavy atom. The number of aliphatic carboxylic acids is 1. The van der Waals surface area contributed by atoms with E-state index in [1.165, 1.54) is 38.8 Å². The number of nitrogens with zero attached hydrogens (tertiary/aromatic N) is 14. The largest absolute Gasteiger partial charge is 0.493 e. The molecule has 20 nitrogen and oxygen atoms in total. The maximum atomic E-state index is 12.3. The van der Waals surface area contributed by atoms with Crippen molar-refractivity contribution >= 4 is 18.5 Å². The number of fused-ring (bicyclic) bond motifs is 2. The van der Waals surface area contributed by atoms with E-state index in [0.717, 1.165) is 106 Å². The van der Waals surface area contributed by atoms with Crippen molar-refractivity contribution in [2.24, 2.45) is 0 Å². The molecule has 89 heavy (non-hydrogen) atoms. The first-order valence-electron chi connectivity index (χ1n) is 31.3. The second kappa shape index (κ2) is 33.7. The van der Waals surface area contributed by atoms with Gasteiger partial charge in [0.25, 0.3) is 0 Å². The summed E-state index contributed by atoms with van der Waals surface area (Å²) < 4.78 is 18.0. The van der Waals surface area contributed by atoms with Gasteiger partial charge in [-0.1, -0.05) is 66.9 Å². The highest BCUT2D eigenvalue weighted by Gasteiger charge is 2.21. The van der Waals surface area contributed by atoms with E-state index in [0.29, 0.717) is 101 Å². The van der Waals surface area contributed by atoms with E-state index in [-0.39, 0.29) is 17.9 Å². The van der Waals surface area contributed by atoms with Crippen LogP contribution in [0.5, 0.6) is 11.5 Å². The van der Waals surface area contributed by atoms with Gasteiger partial charge in [0, 0.05) is 126 Å². The molecule has 5 aromatic heterocycles. The third-order valence-electron chi connectivity index (χ3n) is 15.6. The van der Waals surface area contributed by atoms with E-state index in [2.05, 4.69) is 96.1 Å². The number of hydrogen-bond donors (Lipinski definition) is 1. The highest BCUT2D eigenvalue weighted by Crippen LogP contribution is 2.18. The molecule has 0 amide bonds. The molecule has 1 aliphatic heterocycles. The van der Waals surface area contributed by atoms with Crippen molar-refractivity contribution < 1.29 is 37.9 Å². The van der Waals surface area contributed by atoms with E-state index >= 15 is 0 Å². The molecule has 6 heterocycles. The number of unbranched alkanes of at least 4 members (excludes halogenated alkanes) is 2. The van der Waals surface area contributed by atoms with Gasteiger partial charge >= 0.3 is 5.97 Å². The summed E-state index contributed by atoms with van der Waals surface area (Å²) in [5, 5.41) is 27.3.